The number of nitrogens with zero attached hydrogens (tertiary/aromatic N) is 3. The van der Waals surface area contributed by atoms with E-state index in [1.807, 2.05) is 0 Å². The zero-order chi connectivity index (χ0) is 17.9. The number of hydrogen-bond donors (Lipinski definition) is 1. The lowest BCUT2D eigenvalue weighted by atomic mass is 10.2. The predicted octanol–water partition coefficient (Wildman–Crippen LogP) is 3.26. The van der Waals surface area contributed by atoms with Crippen LogP contribution in [0.1, 0.15) is 19.2 Å². The predicted molar refractivity (Wildman–Crippen MR) is 78.1 cm³/mol. The number of aryl methyl sites for hydroxylation is 1. The first-order valence-corrected chi connectivity index (χ1v) is 7.28. The third kappa shape index (κ3) is 4.02. The maximum Gasteiger partial charge on any atom is 0.461 e. The van der Waals surface area contributed by atoms with Crippen molar-refractivity contribution >= 4 is 0 Å². The zero-order valence-electron chi connectivity index (χ0n) is 13.1. The smallest absolute Gasteiger partial charge is 0.428 e. The molecule has 0 saturated carbocycles. The molecule has 1 atom stereocenters. The van der Waals surface area contributed by atoms with E-state index in [4.69, 9.17) is 0 Å². The Morgan fingerprint density at radius 1 is 1.29 bits per heavy atom. The highest BCUT2D eigenvalue weighted by Gasteiger charge is 2.44. The van der Waals surface area contributed by atoms with E-state index in [-0.39, 0.29) is 17.9 Å². The van der Waals surface area contributed by atoms with E-state index in [0.717, 1.165) is 6.07 Å². The first kappa shape index (κ1) is 18.2. The minimum absolute atomic E-state index is 0.0849. The number of para-hydroxylation sites is 1. The van der Waals surface area contributed by atoms with Gasteiger partial charge in [0.1, 0.15) is 11.6 Å². The summed E-state index contributed by atoms with van der Waals surface area (Å²) in [5.74, 6) is 0.0619. The molecule has 0 aliphatic rings. The van der Waals surface area contributed by atoms with E-state index in [9.17, 15) is 22.7 Å². The summed E-state index contributed by atoms with van der Waals surface area (Å²) in [6.45, 7) is 3.45. The van der Waals surface area contributed by atoms with Crippen molar-refractivity contribution in [1.82, 2.24) is 14.8 Å². The van der Waals surface area contributed by atoms with Gasteiger partial charge in [-0.2, -0.15) is 22.7 Å². The van der Waals surface area contributed by atoms with Crippen LogP contribution in [-0.4, -0.2) is 38.5 Å². The van der Waals surface area contributed by atoms with Crippen LogP contribution in [0.5, 0.6) is 5.75 Å². The van der Waals surface area contributed by atoms with E-state index in [0.29, 0.717) is 12.2 Å². The van der Waals surface area contributed by atoms with Crippen molar-refractivity contribution in [1.29, 1.82) is 0 Å². The van der Waals surface area contributed by atoms with Crippen LogP contribution in [0, 0.1) is 6.92 Å². The third-order valence-corrected chi connectivity index (χ3v) is 3.26. The van der Waals surface area contributed by atoms with Crippen molar-refractivity contribution in [2.75, 3.05) is 0 Å². The fraction of sp³-hybridized carbons (Fsp3) is 0.467. The summed E-state index contributed by atoms with van der Waals surface area (Å²) in [4.78, 5) is 4.13. The molecule has 132 valence electrons. The maximum atomic E-state index is 13.2. The van der Waals surface area contributed by atoms with Gasteiger partial charge in [-0.25, -0.2) is 9.67 Å². The normalized spacial score (nSPS) is 13.3. The Morgan fingerprint density at radius 2 is 1.96 bits per heavy atom. The van der Waals surface area contributed by atoms with Crippen LogP contribution >= 0.6 is 0 Å². The minimum atomic E-state index is -4.63. The van der Waals surface area contributed by atoms with E-state index in [1.165, 1.54) is 22.9 Å². The summed E-state index contributed by atoms with van der Waals surface area (Å²) in [6, 6.07) is 5.48. The van der Waals surface area contributed by atoms with Crippen LogP contribution in [0.15, 0.2) is 24.3 Å². The summed E-state index contributed by atoms with van der Waals surface area (Å²) in [6.07, 6.45) is -8.84. The second-order valence-electron chi connectivity index (χ2n) is 5.19. The number of alkyl halides is 4. The molecule has 0 saturated heterocycles. The van der Waals surface area contributed by atoms with Crippen LogP contribution in [-0.2, 0) is 6.54 Å². The molecule has 0 bridgehead atoms. The number of aliphatic hydroxyl groups excluding tert-OH is 1. The molecule has 1 N–H and O–H groups in total. The van der Waals surface area contributed by atoms with Gasteiger partial charge in [0.2, 0.25) is 0 Å². The van der Waals surface area contributed by atoms with E-state index >= 15 is 0 Å². The second-order valence-corrected chi connectivity index (χ2v) is 5.19. The summed E-state index contributed by atoms with van der Waals surface area (Å²) in [5, 5.41) is 13.9. The SMILES string of the molecule is CC[C@@H](O)Cn1nc(C)nc1-c1ccccc1OC(F)(F)C(F)F. The quantitative estimate of drug-likeness (QED) is 0.781. The van der Waals surface area contributed by atoms with Crippen LogP contribution < -0.4 is 4.74 Å². The van der Waals surface area contributed by atoms with Gasteiger partial charge in [0.15, 0.2) is 5.82 Å². The van der Waals surface area contributed by atoms with Gasteiger partial charge in [-0.05, 0) is 25.5 Å². The molecule has 2 rings (SSSR count). The highest BCUT2D eigenvalue weighted by atomic mass is 19.3. The molecule has 1 aromatic heterocycles. The fourth-order valence-corrected chi connectivity index (χ4v) is 2.04. The number of hydrogen-bond acceptors (Lipinski definition) is 4. The molecule has 0 aliphatic carbocycles. The van der Waals surface area contributed by atoms with Gasteiger partial charge in [-0.1, -0.05) is 19.1 Å². The molecule has 1 aromatic carbocycles. The molecular formula is C15H17F4N3O2. The summed E-state index contributed by atoms with van der Waals surface area (Å²) in [5.41, 5.74) is 0.0849. The molecule has 2 aromatic rings. The first-order valence-electron chi connectivity index (χ1n) is 7.28. The van der Waals surface area contributed by atoms with Gasteiger partial charge in [0.25, 0.3) is 0 Å². The van der Waals surface area contributed by atoms with Crippen molar-refractivity contribution in [3.05, 3.63) is 30.1 Å². The average Bonchev–Trinajstić information content (AvgIpc) is 2.87. The number of aromatic nitrogens is 3. The molecule has 9 heteroatoms. The van der Waals surface area contributed by atoms with Crippen molar-refractivity contribution in [2.45, 2.75) is 45.5 Å². The number of benzene rings is 1. The van der Waals surface area contributed by atoms with Gasteiger partial charge in [-0.3, -0.25) is 0 Å². The lowest BCUT2D eigenvalue weighted by Gasteiger charge is -2.19. The van der Waals surface area contributed by atoms with Crippen molar-refractivity contribution in [3.63, 3.8) is 0 Å². The Hall–Kier alpha value is -2.16. The number of halogens is 4. The van der Waals surface area contributed by atoms with Crippen molar-refractivity contribution < 1.29 is 27.4 Å². The monoisotopic (exact) mass is 347 g/mol. The number of ether oxygens (including phenoxy) is 1. The summed E-state index contributed by atoms with van der Waals surface area (Å²) < 4.78 is 56.8. The summed E-state index contributed by atoms with van der Waals surface area (Å²) in [7, 11) is 0. The third-order valence-electron chi connectivity index (χ3n) is 3.26. The Morgan fingerprint density at radius 3 is 2.58 bits per heavy atom. The van der Waals surface area contributed by atoms with E-state index in [2.05, 4.69) is 14.8 Å². The van der Waals surface area contributed by atoms with Crippen LogP contribution in [0.25, 0.3) is 11.4 Å². The molecule has 0 radical (unpaired) electrons. The average molecular weight is 347 g/mol. The standard InChI is InChI=1S/C15H17F4N3O2/c1-3-10(23)8-22-13(20-9(2)21-22)11-6-4-5-7-12(11)24-15(18,19)14(16)17/h4-7,10,14,23H,3,8H2,1-2H3/t10-/m1/s1. The number of aliphatic hydroxyl groups is 1. The van der Waals surface area contributed by atoms with Gasteiger partial charge in [0.05, 0.1) is 18.2 Å². The van der Waals surface area contributed by atoms with Crippen LogP contribution in [0.4, 0.5) is 17.6 Å². The molecule has 5 nitrogen and oxygen atoms in total. The van der Waals surface area contributed by atoms with Gasteiger partial charge < -0.3 is 9.84 Å². The Bertz CT molecular complexity index is 691. The largest absolute Gasteiger partial charge is 0.461 e. The lowest BCUT2D eigenvalue weighted by Crippen LogP contribution is -2.33. The molecule has 0 amide bonds. The first-order chi connectivity index (χ1) is 11.2. The fourth-order valence-electron chi connectivity index (χ4n) is 2.04. The number of rotatable bonds is 7. The minimum Gasteiger partial charge on any atom is -0.428 e. The molecular weight excluding hydrogens is 330 g/mol. The Balaban J connectivity index is 2.43. The molecule has 1 heterocycles. The lowest BCUT2D eigenvalue weighted by molar-refractivity contribution is -0.253. The van der Waals surface area contributed by atoms with Crippen molar-refractivity contribution in [3.8, 4) is 17.1 Å². The molecule has 0 fully saturated rings. The zero-order valence-corrected chi connectivity index (χ0v) is 13.1. The molecule has 24 heavy (non-hydrogen) atoms. The highest BCUT2D eigenvalue weighted by Crippen LogP contribution is 2.34. The summed E-state index contributed by atoms with van der Waals surface area (Å²) >= 11 is 0. The van der Waals surface area contributed by atoms with Crippen LogP contribution in [0.2, 0.25) is 0 Å². The van der Waals surface area contributed by atoms with E-state index < -0.39 is 24.4 Å². The second kappa shape index (κ2) is 7.16. The van der Waals surface area contributed by atoms with E-state index in [1.54, 1.807) is 13.8 Å². The topological polar surface area (TPSA) is 60.2 Å². The Kier molecular flexibility index (Phi) is 5.43. The molecule has 0 spiro atoms. The van der Waals surface area contributed by atoms with Gasteiger partial charge in [0, 0.05) is 0 Å². The molecule has 0 aliphatic heterocycles. The van der Waals surface area contributed by atoms with Crippen LogP contribution in [0.3, 0.4) is 0 Å². The maximum absolute atomic E-state index is 13.2. The Labute approximate surface area is 135 Å². The molecule has 0 unspecified atom stereocenters. The van der Waals surface area contributed by atoms with Gasteiger partial charge in [-0.15, -0.1) is 0 Å². The van der Waals surface area contributed by atoms with Crippen molar-refractivity contribution in [2.24, 2.45) is 0 Å². The van der Waals surface area contributed by atoms with Gasteiger partial charge >= 0.3 is 12.5 Å². The highest BCUT2D eigenvalue weighted by molar-refractivity contribution is 5.64.